The number of benzene rings is 1. The summed E-state index contributed by atoms with van der Waals surface area (Å²) in [4.78, 5) is 17.9. The third kappa shape index (κ3) is 1.80. The number of nitrogens with zero attached hydrogens (tertiary/aromatic N) is 1. The van der Waals surface area contributed by atoms with Crippen molar-refractivity contribution in [1.82, 2.24) is 4.98 Å². The molecule has 0 saturated carbocycles. The van der Waals surface area contributed by atoms with Crippen LogP contribution in [0.25, 0.3) is 11.6 Å². The van der Waals surface area contributed by atoms with Crippen molar-refractivity contribution in [1.29, 1.82) is 0 Å². The molecule has 0 fully saturated rings. The van der Waals surface area contributed by atoms with Gasteiger partial charge in [0.15, 0.2) is 0 Å². The van der Waals surface area contributed by atoms with E-state index in [1.807, 2.05) is 6.07 Å². The Morgan fingerprint density at radius 1 is 1.44 bits per heavy atom. The number of H-pyrrole nitrogens is 1. The molecular weight excluding hydrogens is 247 g/mol. The Balaban J connectivity index is 2.09. The van der Waals surface area contributed by atoms with E-state index in [1.54, 1.807) is 24.4 Å². The van der Waals surface area contributed by atoms with Crippen LogP contribution in [0.3, 0.4) is 0 Å². The first-order chi connectivity index (χ1) is 8.63. The average molecular weight is 254 g/mol. The highest BCUT2D eigenvalue weighted by Crippen LogP contribution is 2.33. The van der Waals surface area contributed by atoms with Crippen LogP contribution in [0.15, 0.2) is 28.0 Å². The first-order valence-corrected chi connectivity index (χ1v) is 6.03. The molecule has 18 heavy (non-hydrogen) atoms. The van der Waals surface area contributed by atoms with Gasteiger partial charge in [-0.1, -0.05) is 28.9 Å². The van der Waals surface area contributed by atoms with Gasteiger partial charge in [-0.25, -0.2) is 0 Å². The number of hydrogen-bond acceptors (Lipinski definition) is 4. The van der Waals surface area contributed by atoms with E-state index < -0.39 is 0 Å². The van der Waals surface area contributed by atoms with Gasteiger partial charge in [-0.05, 0) is 12.1 Å². The summed E-state index contributed by atoms with van der Waals surface area (Å²) in [5.41, 5.74) is 3.23. The van der Waals surface area contributed by atoms with Gasteiger partial charge >= 0.3 is 4.87 Å². The van der Waals surface area contributed by atoms with Crippen molar-refractivity contribution < 1.29 is 5.11 Å². The Morgan fingerprint density at radius 3 is 3.00 bits per heavy atom. The van der Waals surface area contributed by atoms with Gasteiger partial charge in [0.2, 0.25) is 5.88 Å². The van der Waals surface area contributed by atoms with Crippen LogP contribution in [-0.4, -0.2) is 24.2 Å². The summed E-state index contributed by atoms with van der Waals surface area (Å²) in [7, 11) is 5.68. The molecule has 2 heterocycles. The number of aliphatic imine (C=N–C) groups is 1. The first-order valence-electron chi connectivity index (χ1n) is 5.21. The average Bonchev–Trinajstić information content (AvgIpc) is 2.84. The van der Waals surface area contributed by atoms with Crippen molar-refractivity contribution in [3.63, 3.8) is 0 Å². The molecule has 1 aliphatic heterocycles. The van der Waals surface area contributed by atoms with E-state index in [0.29, 0.717) is 10.3 Å². The molecule has 3 rings (SSSR count). The summed E-state index contributed by atoms with van der Waals surface area (Å²) in [5.74, 6) is -0.116. The van der Waals surface area contributed by atoms with Crippen molar-refractivity contribution in [2.75, 3.05) is 0 Å². The van der Waals surface area contributed by atoms with Gasteiger partial charge in [0.25, 0.3) is 0 Å². The zero-order valence-electron chi connectivity index (χ0n) is 9.18. The number of hydrogen-bond donors (Lipinski definition) is 2. The normalized spacial score (nSPS) is 15.2. The smallest absolute Gasteiger partial charge is 0.307 e. The number of aromatic hydroxyl groups is 1. The van der Waals surface area contributed by atoms with E-state index in [0.717, 1.165) is 28.2 Å². The number of nitrogens with one attached hydrogen (secondary N) is 1. The number of aromatic amines is 1. The van der Waals surface area contributed by atoms with Crippen molar-refractivity contribution in [2.45, 2.75) is 0 Å². The summed E-state index contributed by atoms with van der Waals surface area (Å²) < 4.78 is 0. The monoisotopic (exact) mass is 254 g/mol. The Hall–Kier alpha value is -2.08. The molecule has 0 bridgehead atoms. The minimum atomic E-state index is -0.285. The molecule has 1 aromatic carbocycles. The Morgan fingerprint density at radius 2 is 2.28 bits per heavy atom. The van der Waals surface area contributed by atoms with Crippen LogP contribution in [0.1, 0.15) is 10.4 Å². The summed E-state index contributed by atoms with van der Waals surface area (Å²) in [6, 6.07) is 5.45. The third-order valence-corrected chi connectivity index (χ3v) is 3.44. The maximum Gasteiger partial charge on any atom is 0.307 e. The molecule has 0 spiro atoms. The molecule has 1 aromatic heterocycles. The molecule has 1 aliphatic rings. The molecule has 4 nitrogen and oxygen atoms in total. The second-order valence-corrected chi connectivity index (χ2v) is 4.88. The minimum absolute atomic E-state index is 0.116. The van der Waals surface area contributed by atoms with Crippen LogP contribution in [0.4, 0.5) is 5.69 Å². The molecular formula is C12H7BN2O2S. The molecule has 2 N–H and O–H groups in total. The number of thiazole rings is 1. The maximum absolute atomic E-state index is 11.1. The summed E-state index contributed by atoms with van der Waals surface area (Å²) in [6.07, 6.45) is 3.41. The predicted molar refractivity (Wildman–Crippen MR) is 74.5 cm³/mol. The lowest BCUT2D eigenvalue weighted by Crippen LogP contribution is -1.99. The SMILES string of the molecule is [B]c1ccc2c(c1)N=CC2=Cc1sc(=O)[nH]c1O. The predicted octanol–water partition coefficient (Wildman–Crippen LogP) is 1.19. The van der Waals surface area contributed by atoms with Crippen LogP contribution in [0, 0.1) is 0 Å². The Bertz CT molecular complexity index is 743. The zero-order valence-corrected chi connectivity index (χ0v) is 9.99. The molecule has 2 radical (unpaired) electrons. The lowest BCUT2D eigenvalue weighted by Gasteiger charge is -2.00. The van der Waals surface area contributed by atoms with Gasteiger partial charge in [-0.2, -0.15) is 0 Å². The fourth-order valence-corrected chi connectivity index (χ4v) is 2.48. The van der Waals surface area contributed by atoms with Crippen LogP contribution in [0.5, 0.6) is 5.88 Å². The van der Waals surface area contributed by atoms with Crippen LogP contribution < -0.4 is 10.3 Å². The standard InChI is InChI=1S/C12H7BN2O2S/c13-7-1-2-8-6(5-14-9(8)4-7)3-10-11(16)15-12(17)18-10/h1-5,16H,(H,15,17). The molecule has 2 aromatic rings. The van der Waals surface area contributed by atoms with E-state index in [2.05, 4.69) is 9.98 Å². The second-order valence-electron chi connectivity index (χ2n) is 3.86. The quantitative estimate of drug-likeness (QED) is 0.751. The number of aromatic nitrogens is 1. The number of rotatable bonds is 1. The van der Waals surface area contributed by atoms with Gasteiger partial charge in [0.05, 0.1) is 10.6 Å². The van der Waals surface area contributed by atoms with Crippen molar-refractivity contribution in [3.8, 4) is 5.88 Å². The minimum Gasteiger partial charge on any atom is -0.493 e. The van der Waals surface area contributed by atoms with E-state index in [1.165, 1.54) is 0 Å². The third-order valence-electron chi connectivity index (χ3n) is 2.62. The van der Waals surface area contributed by atoms with E-state index in [9.17, 15) is 9.90 Å². The summed E-state index contributed by atoms with van der Waals surface area (Å²) in [5, 5.41) is 9.53. The summed E-state index contributed by atoms with van der Waals surface area (Å²) in [6.45, 7) is 0. The largest absolute Gasteiger partial charge is 0.493 e. The van der Waals surface area contributed by atoms with E-state index >= 15 is 0 Å². The lowest BCUT2D eigenvalue weighted by atomic mass is 9.93. The summed E-state index contributed by atoms with van der Waals surface area (Å²) >= 11 is 0.955. The highest BCUT2D eigenvalue weighted by molar-refractivity contribution is 7.10. The van der Waals surface area contributed by atoms with Crippen LogP contribution >= 0.6 is 11.3 Å². The molecule has 6 heteroatoms. The van der Waals surface area contributed by atoms with Gasteiger partial charge in [-0.15, -0.1) is 0 Å². The van der Waals surface area contributed by atoms with E-state index in [-0.39, 0.29) is 10.8 Å². The van der Waals surface area contributed by atoms with Crippen LogP contribution in [-0.2, 0) is 0 Å². The Labute approximate surface area is 108 Å². The van der Waals surface area contributed by atoms with E-state index in [4.69, 9.17) is 7.85 Å². The van der Waals surface area contributed by atoms with Gasteiger partial charge in [0.1, 0.15) is 7.85 Å². The van der Waals surface area contributed by atoms with Crippen molar-refractivity contribution in [3.05, 3.63) is 38.3 Å². The molecule has 0 aliphatic carbocycles. The van der Waals surface area contributed by atoms with Crippen LogP contribution in [0.2, 0.25) is 0 Å². The zero-order chi connectivity index (χ0) is 12.7. The fourth-order valence-electron chi connectivity index (χ4n) is 1.79. The lowest BCUT2D eigenvalue weighted by molar-refractivity contribution is 0.455. The molecule has 0 amide bonds. The number of fused-ring (bicyclic) bond motifs is 1. The second kappa shape index (κ2) is 3.99. The Kier molecular flexibility index (Phi) is 2.45. The topological polar surface area (TPSA) is 65.5 Å². The highest BCUT2D eigenvalue weighted by Gasteiger charge is 2.13. The first kappa shape index (κ1) is 11.0. The maximum atomic E-state index is 11.1. The fraction of sp³-hybridized carbons (Fsp3) is 0. The molecule has 0 unspecified atom stereocenters. The molecule has 0 atom stereocenters. The van der Waals surface area contributed by atoms with Gasteiger partial charge in [0, 0.05) is 17.4 Å². The number of allylic oxidation sites excluding steroid dienone is 1. The van der Waals surface area contributed by atoms with Crippen molar-refractivity contribution in [2.24, 2.45) is 4.99 Å². The van der Waals surface area contributed by atoms with Gasteiger partial charge < -0.3 is 5.11 Å². The molecule has 0 saturated heterocycles. The molecule has 86 valence electrons. The van der Waals surface area contributed by atoms with Crippen molar-refractivity contribution >= 4 is 48.2 Å². The van der Waals surface area contributed by atoms with Gasteiger partial charge in [-0.3, -0.25) is 14.8 Å². The highest BCUT2D eigenvalue weighted by atomic mass is 32.1.